The van der Waals surface area contributed by atoms with Gasteiger partial charge in [0.25, 0.3) is 0 Å². The highest BCUT2D eigenvalue weighted by Crippen LogP contribution is 2.23. The second-order valence-electron chi connectivity index (χ2n) is 1.89. The van der Waals surface area contributed by atoms with Crippen LogP contribution in [0.2, 0.25) is 0 Å². The summed E-state index contributed by atoms with van der Waals surface area (Å²) in [6.07, 6.45) is 3.91. The summed E-state index contributed by atoms with van der Waals surface area (Å²) in [5.74, 6) is 0.762. The zero-order valence-electron chi connectivity index (χ0n) is 6.13. The third kappa shape index (κ3) is 1.85. The van der Waals surface area contributed by atoms with E-state index in [-0.39, 0.29) is 0 Å². The first kappa shape index (κ1) is 8.36. The van der Waals surface area contributed by atoms with Crippen LogP contribution < -0.4 is 0 Å². The second-order valence-corrected chi connectivity index (χ2v) is 3.60. The molecule has 58 valence electrons. The molecular weight excluding hydrogens is 176 g/mol. The van der Waals surface area contributed by atoms with Gasteiger partial charge in [-0.25, -0.2) is 4.99 Å². The molecule has 1 heterocycles. The monoisotopic (exact) mass is 184 g/mol. The van der Waals surface area contributed by atoms with Gasteiger partial charge in [-0.15, -0.1) is 11.3 Å². The number of H-pyrrole nitrogens is 1. The lowest BCUT2D eigenvalue weighted by atomic mass is 10.4. The number of aromatic amines is 1. The van der Waals surface area contributed by atoms with E-state index in [2.05, 4.69) is 16.7 Å². The first-order valence-corrected chi connectivity index (χ1v) is 4.33. The lowest BCUT2D eigenvalue weighted by molar-refractivity contribution is 1.33. The Bertz CT molecular complexity index is 332. The van der Waals surface area contributed by atoms with Crippen molar-refractivity contribution in [1.29, 1.82) is 0 Å². The summed E-state index contributed by atoms with van der Waals surface area (Å²) in [6, 6.07) is 0. The Morgan fingerprint density at radius 2 is 2.45 bits per heavy atom. The van der Waals surface area contributed by atoms with Crippen LogP contribution in [0.1, 0.15) is 11.8 Å². The van der Waals surface area contributed by atoms with Gasteiger partial charge in [-0.05, 0) is 31.9 Å². The van der Waals surface area contributed by atoms with E-state index in [9.17, 15) is 0 Å². The lowest BCUT2D eigenvalue weighted by Crippen LogP contribution is -1.63. The summed E-state index contributed by atoms with van der Waals surface area (Å²) >= 11 is 6.44. The van der Waals surface area contributed by atoms with E-state index in [0.29, 0.717) is 0 Å². The molecule has 0 fully saturated rings. The van der Waals surface area contributed by atoms with Crippen molar-refractivity contribution in [3.05, 3.63) is 14.9 Å². The average molecular weight is 184 g/mol. The fourth-order valence-electron chi connectivity index (χ4n) is 0.714. The molecule has 1 rings (SSSR count). The highest BCUT2D eigenvalue weighted by Gasteiger charge is 1.98. The molecule has 0 atom stereocenters. The Morgan fingerprint density at radius 3 is 3.00 bits per heavy atom. The van der Waals surface area contributed by atoms with Crippen molar-refractivity contribution in [3.8, 4) is 0 Å². The zero-order chi connectivity index (χ0) is 8.27. The maximum atomic E-state index is 4.94. The minimum atomic E-state index is 0.737. The Hall–Kier alpha value is -0.740. The van der Waals surface area contributed by atoms with E-state index in [4.69, 9.17) is 12.2 Å². The van der Waals surface area contributed by atoms with Crippen molar-refractivity contribution in [1.82, 2.24) is 4.98 Å². The third-order valence-electron chi connectivity index (χ3n) is 1.13. The average Bonchev–Trinajstić information content (AvgIpc) is 2.32. The number of hydrogen-bond acceptors (Lipinski definition) is 3. The maximum Gasteiger partial charge on any atom is 0.160 e. The van der Waals surface area contributed by atoms with E-state index in [1.165, 1.54) is 11.3 Å². The van der Waals surface area contributed by atoms with Crippen LogP contribution in [0.25, 0.3) is 6.08 Å². The fraction of sp³-hybridized carbons (Fsp3) is 0.143. The van der Waals surface area contributed by atoms with Crippen LogP contribution in [0, 0.1) is 3.95 Å². The highest BCUT2D eigenvalue weighted by molar-refractivity contribution is 7.73. The van der Waals surface area contributed by atoms with Crippen LogP contribution in [0.5, 0.6) is 0 Å². The van der Waals surface area contributed by atoms with Crippen LogP contribution in [-0.4, -0.2) is 11.7 Å². The summed E-state index contributed by atoms with van der Waals surface area (Å²) in [7, 11) is 0. The van der Waals surface area contributed by atoms with E-state index in [0.717, 1.165) is 14.6 Å². The van der Waals surface area contributed by atoms with E-state index < -0.39 is 0 Å². The first-order valence-electron chi connectivity index (χ1n) is 3.10. The predicted molar refractivity (Wildman–Crippen MR) is 53.4 cm³/mol. The van der Waals surface area contributed by atoms with Crippen molar-refractivity contribution >= 4 is 42.2 Å². The molecule has 1 aromatic heterocycles. The van der Waals surface area contributed by atoms with E-state index >= 15 is 0 Å². The summed E-state index contributed by atoms with van der Waals surface area (Å²) in [4.78, 5) is 7.76. The van der Waals surface area contributed by atoms with E-state index in [1.54, 1.807) is 0 Å². The van der Waals surface area contributed by atoms with Gasteiger partial charge in [-0.3, -0.25) is 0 Å². The lowest BCUT2D eigenvalue weighted by Gasteiger charge is -1.85. The molecule has 0 radical (unpaired) electrons. The molecule has 0 bridgehead atoms. The number of rotatable bonds is 2. The molecule has 0 amide bonds. The summed E-state index contributed by atoms with van der Waals surface area (Å²) in [5, 5.41) is 0. The SMILES string of the molecule is C=Nc1[nH]c(=S)sc1/C=C\C. The minimum absolute atomic E-state index is 0.737. The standard InChI is InChI=1S/C7H8N2S2/c1-3-4-5-6(8-2)9-7(10)11-5/h3-4H,2H2,1H3,(H,9,10)/b4-3-. The summed E-state index contributed by atoms with van der Waals surface area (Å²) in [5.41, 5.74) is 0. The molecule has 4 heteroatoms. The van der Waals surface area contributed by atoms with Crippen molar-refractivity contribution in [3.63, 3.8) is 0 Å². The van der Waals surface area contributed by atoms with Crippen molar-refractivity contribution in [2.24, 2.45) is 4.99 Å². The van der Waals surface area contributed by atoms with Gasteiger partial charge in [0.05, 0.1) is 4.88 Å². The van der Waals surface area contributed by atoms with Gasteiger partial charge in [0, 0.05) is 0 Å². The van der Waals surface area contributed by atoms with E-state index in [1.807, 2.05) is 19.1 Å². The van der Waals surface area contributed by atoms with Gasteiger partial charge in [-0.1, -0.05) is 6.08 Å². The number of allylic oxidation sites excluding steroid dienone is 1. The van der Waals surface area contributed by atoms with Crippen LogP contribution >= 0.6 is 23.6 Å². The largest absolute Gasteiger partial charge is 0.322 e. The maximum absolute atomic E-state index is 4.94. The Morgan fingerprint density at radius 1 is 1.73 bits per heavy atom. The van der Waals surface area contributed by atoms with Gasteiger partial charge in [0.15, 0.2) is 3.95 Å². The van der Waals surface area contributed by atoms with Crippen LogP contribution in [0.4, 0.5) is 5.82 Å². The normalized spacial score (nSPS) is 10.6. The number of thiazole rings is 1. The fourth-order valence-corrected chi connectivity index (χ4v) is 1.84. The number of aromatic nitrogens is 1. The van der Waals surface area contributed by atoms with Crippen LogP contribution in [0.15, 0.2) is 11.1 Å². The molecule has 0 saturated heterocycles. The number of aliphatic imine (C=N–C) groups is 1. The number of nitrogens with one attached hydrogen (secondary N) is 1. The van der Waals surface area contributed by atoms with Gasteiger partial charge in [-0.2, -0.15) is 0 Å². The molecule has 2 nitrogen and oxygen atoms in total. The highest BCUT2D eigenvalue weighted by atomic mass is 32.1. The first-order chi connectivity index (χ1) is 5.27. The molecule has 0 spiro atoms. The smallest absolute Gasteiger partial charge is 0.160 e. The molecule has 11 heavy (non-hydrogen) atoms. The minimum Gasteiger partial charge on any atom is -0.322 e. The topological polar surface area (TPSA) is 28.1 Å². The summed E-state index contributed by atoms with van der Waals surface area (Å²) in [6.45, 7) is 5.39. The molecule has 0 aliphatic carbocycles. The molecule has 0 unspecified atom stereocenters. The Balaban J connectivity index is 3.22. The Labute approximate surface area is 74.3 Å². The van der Waals surface area contributed by atoms with Gasteiger partial charge >= 0.3 is 0 Å². The number of nitrogens with zero attached hydrogens (tertiary/aromatic N) is 1. The van der Waals surface area contributed by atoms with Crippen molar-refractivity contribution < 1.29 is 0 Å². The molecule has 0 aliphatic rings. The summed E-state index contributed by atoms with van der Waals surface area (Å²) < 4.78 is 0.737. The predicted octanol–water partition coefficient (Wildman–Crippen LogP) is 3.17. The zero-order valence-corrected chi connectivity index (χ0v) is 7.76. The van der Waals surface area contributed by atoms with Crippen LogP contribution in [-0.2, 0) is 0 Å². The van der Waals surface area contributed by atoms with Crippen molar-refractivity contribution in [2.75, 3.05) is 0 Å². The second kappa shape index (κ2) is 3.59. The van der Waals surface area contributed by atoms with Crippen LogP contribution in [0.3, 0.4) is 0 Å². The molecule has 0 saturated carbocycles. The quantitative estimate of drug-likeness (QED) is 0.555. The molecule has 1 aromatic rings. The molecule has 1 N–H and O–H groups in total. The van der Waals surface area contributed by atoms with Gasteiger partial charge in [0.1, 0.15) is 5.82 Å². The molecular formula is C7H8N2S2. The molecule has 0 aromatic carbocycles. The van der Waals surface area contributed by atoms with Gasteiger partial charge < -0.3 is 4.98 Å². The van der Waals surface area contributed by atoms with Crippen molar-refractivity contribution in [2.45, 2.75) is 6.92 Å². The molecule has 0 aliphatic heterocycles. The van der Waals surface area contributed by atoms with Gasteiger partial charge in [0.2, 0.25) is 0 Å². The number of hydrogen-bond donors (Lipinski definition) is 1. The third-order valence-corrected chi connectivity index (χ3v) is 2.32. The Kier molecular flexibility index (Phi) is 2.73.